The molecule has 31 heavy (non-hydrogen) atoms. The number of nitrogens with one attached hydrogen (secondary N) is 1. The van der Waals surface area contributed by atoms with E-state index < -0.39 is 5.97 Å². The zero-order chi connectivity index (χ0) is 22.1. The highest BCUT2D eigenvalue weighted by Crippen LogP contribution is 2.35. The molecule has 2 heterocycles. The van der Waals surface area contributed by atoms with Crippen LogP contribution in [-0.2, 0) is 16.1 Å². The molecule has 0 aliphatic carbocycles. The van der Waals surface area contributed by atoms with Crippen LogP contribution in [0, 0.1) is 0 Å². The molecule has 4 aromatic rings. The van der Waals surface area contributed by atoms with Gasteiger partial charge in [0.2, 0.25) is 0 Å². The Morgan fingerprint density at radius 1 is 1.06 bits per heavy atom. The lowest BCUT2D eigenvalue weighted by molar-refractivity contribution is 0.0366. The summed E-state index contributed by atoms with van der Waals surface area (Å²) in [6, 6.07) is 10.7. The summed E-state index contributed by atoms with van der Waals surface area (Å²) in [5, 5.41) is 2.58. The van der Waals surface area contributed by atoms with Crippen LogP contribution in [-0.4, -0.2) is 29.2 Å². The molecule has 2 aromatic carbocycles. The molecule has 0 saturated carbocycles. The number of rotatable bonds is 6. The highest BCUT2D eigenvalue weighted by molar-refractivity contribution is 6.42. The second-order valence-corrected chi connectivity index (χ2v) is 8.09. The third kappa shape index (κ3) is 4.32. The van der Waals surface area contributed by atoms with Crippen molar-refractivity contribution in [3.05, 3.63) is 63.9 Å². The number of fused-ring (bicyclic) bond motifs is 3. The quantitative estimate of drug-likeness (QED) is 0.332. The number of halogens is 2. The van der Waals surface area contributed by atoms with Crippen molar-refractivity contribution in [1.82, 2.24) is 9.97 Å². The number of nitrogens with zero attached hydrogens (tertiary/aromatic N) is 1. The molecule has 4 rings (SSSR count). The summed E-state index contributed by atoms with van der Waals surface area (Å²) in [4.78, 5) is 20.3. The molecule has 2 aromatic heterocycles. The van der Waals surface area contributed by atoms with Gasteiger partial charge < -0.3 is 19.2 Å². The van der Waals surface area contributed by atoms with Gasteiger partial charge in [-0.25, -0.2) is 9.78 Å². The van der Waals surface area contributed by atoms with Gasteiger partial charge in [0, 0.05) is 35.0 Å². The number of hydrogen-bond acceptors (Lipinski definition) is 5. The highest BCUT2D eigenvalue weighted by atomic mass is 35.5. The van der Waals surface area contributed by atoms with Crippen molar-refractivity contribution in [1.29, 1.82) is 0 Å². The van der Waals surface area contributed by atoms with E-state index >= 15 is 0 Å². The number of aromatic amines is 1. The zero-order valence-electron chi connectivity index (χ0n) is 17.2. The molecule has 0 fully saturated rings. The Morgan fingerprint density at radius 2 is 1.81 bits per heavy atom. The lowest BCUT2D eigenvalue weighted by Crippen LogP contribution is -2.15. The Labute approximate surface area is 189 Å². The zero-order valence-corrected chi connectivity index (χ0v) is 18.7. The predicted molar refractivity (Wildman–Crippen MR) is 121 cm³/mol. The molecule has 0 amide bonds. The van der Waals surface area contributed by atoms with Gasteiger partial charge in [-0.3, -0.25) is 0 Å². The van der Waals surface area contributed by atoms with Crippen LogP contribution in [0.2, 0.25) is 10.0 Å². The number of pyridine rings is 1. The average molecular weight is 459 g/mol. The SMILES string of the molecule is COCc1c(C(=O)OC(C)C)ncc2[nH]c3ccc(Oc4ccc(Cl)c(Cl)c4)cc3c12. The molecule has 0 saturated heterocycles. The largest absolute Gasteiger partial charge is 0.458 e. The van der Waals surface area contributed by atoms with E-state index in [-0.39, 0.29) is 18.4 Å². The van der Waals surface area contributed by atoms with Crippen LogP contribution in [0.1, 0.15) is 29.9 Å². The lowest BCUT2D eigenvalue weighted by Gasteiger charge is -2.12. The van der Waals surface area contributed by atoms with E-state index in [1.165, 1.54) is 0 Å². The summed E-state index contributed by atoms with van der Waals surface area (Å²) >= 11 is 12.1. The Hall–Kier alpha value is -2.80. The Kier molecular flexibility index (Phi) is 6.05. The number of methoxy groups -OCH3 is 1. The van der Waals surface area contributed by atoms with Gasteiger partial charge in [0.05, 0.1) is 34.5 Å². The first-order chi connectivity index (χ1) is 14.9. The van der Waals surface area contributed by atoms with Gasteiger partial charge in [-0.05, 0) is 44.2 Å². The van der Waals surface area contributed by atoms with Crippen molar-refractivity contribution in [2.75, 3.05) is 7.11 Å². The Balaban J connectivity index is 1.84. The van der Waals surface area contributed by atoms with Gasteiger partial charge >= 0.3 is 5.97 Å². The maximum absolute atomic E-state index is 12.6. The fourth-order valence-electron chi connectivity index (χ4n) is 3.41. The number of carbonyl (C=O) groups is 1. The summed E-state index contributed by atoms with van der Waals surface area (Å²) < 4.78 is 16.7. The minimum absolute atomic E-state index is 0.206. The summed E-state index contributed by atoms with van der Waals surface area (Å²) in [5.41, 5.74) is 2.56. The standard InChI is InChI=1S/C23H20Cl2N2O4/c1-12(2)30-23(28)22-16(11-29-3)21-15-8-13(5-7-19(15)27-20(21)10-26-22)31-14-4-6-17(24)18(25)9-14/h4-10,12,27H,11H2,1-3H3. The van der Waals surface area contributed by atoms with Gasteiger partial charge in [0.1, 0.15) is 11.5 Å². The molecule has 0 spiro atoms. The van der Waals surface area contributed by atoms with Gasteiger partial charge in [-0.1, -0.05) is 23.2 Å². The number of H-pyrrole nitrogens is 1. The molecular formula is C23H20Cl2N2O4. The normalized spacial score (nSPS) is 11.4. The first-order valence-electron chi connectivity index (χ1n) is 9.63. The molecule has 0 atom stereocenters. The fraction of sp³-hybridized carbons (Fsp3) is 0.217. The van der Waals surface area contributed by atoms with Crippen molar-refractivity contribution in [3.8, 4) is 11.5 Å². The molecule has 6 nitrogen and oxygen atoms in total. The average Bonchev–Trinajstić information content (AvgIpc) is 3.09. The summed E-state index contributed by atoms with van der Waals surface area (Å²) in [7, 11) is 1.57. The van der Waals surface area contributed by atoms with E-state index in [9.17, 15) is 4.79 Å². The second kappa shape index (κ2) is 8.75. The molecule has 0 bridgehead atoms. The molecule has 1 N–H and O–H groups in total. The van der Waals surface area contributed by atoms with Crippen molar-refractivity contribution in [3.63, 3.8) is 0 Å². The third-order valence-electron chi connectivity index (χ3n) is 4.66. The smallest absolute Gasteiger partial charge is 0.357 e. The first-order valence-corrected chi connectivity index (χ1v) is 10.4. The maximum atomic E-state index is 12.6. The van der Waals surface area contributed by atoms with E-state index in [1.807, 2.05) is 18.2 Å². The van der Waals surface area contributed by atoms with Crippen LogP contribution in [0.15, 0.2) is 42.6 Å². The van der Waals surface area contributed by atoms with Crippen LogP contribution in [0.5, 0.6) is 11.5 Å². The summed E-state index contributed by atoms with van der Waals surface area (Å²) in [6.45, 7) is 3.80. The van der Waals surface area contributed by atoms with E-state index in [0.29, 0.717) is 27.1 Å². The van der Waals surface area contributed by atoms with E-state index in [1.54, 1.807) is 45.4 Å². The van der Waals surface area contributed by atoms with E-state index in [4.69, 9.17) is 37.4 Å². The van der Waals surface area contributed by atoms with E-state index in [0.717, 1.165) is 21.8 Å². The minimum Gasteiger partial charge on any atom is -0.458 e. The molecule has 0 unspecified atom stereocenters. The van der Waals surface area contributed by atoms with Gasteiger partial charge in [0.25, 0.3) is 0 Å². The number of esters is 1. The van der Waals surface area contributed by atoms with Gasteiger partial charge in [-0.2, -0.15) is 0 Å². The number of benzene rings is 2. The number of aromatic nitrogens is 2. The summed E-state index contributed by atoms with van der Waals surface area (Å²) in [6.07, 6.45) is 1.37. The fourth-order valence-corrected chi connectivity index (χ4v) is 3.70. The van der Waals surface area contributed by atoms with Crippen molar-refractivity contribution in [2.24, 2.45) is 0 Å². The molecule has 0 aliphatic heterocycles. The van der Waals surface area contributed by atoms with Gasteiger partial charge in [0.15, 0.2) is 5.69 Å². The third-order valence-corrected chi connectivity index (χ3v) is 5.40. The first kappa shape index (κ1) is 21.4. The van der Waals surface area contributed by atoms with Crippen LogP contribution in [0.3, 0.4) is 0 Å². The highest BCUT2D eigenvalue weighted by Gasteiger charge is 2.21. The topological polar surface area (TPSA) is 73.4 Å². The molecule has 8 heteroatoms. The maximum Gasteiger partial charge on any atom is 0.357 e. The number of carbonyl (C=O) groups excluding carboxylic acids is 1. The minimum atomic E-state index is -0.485. The number of hydrogen-bond donors (Lipinski definition) is 1. The van der Waals surface area contributed by atoms with Crippen molar-refractivity contribution < 1.29 is 19.0 Å². The Bertz CT molecular complexity index is 1280. The van der Waals surface area contributed by atoms with Crippen LogP contribution in [0.4, 0.5) is 0 Å². The molecular weight excluding hydrogens is 439 g/mol. The predicted octanol–water partition coefficient (Wildman–Crippen LogP) is 6.53. The van der Waals surface area contributed by atoms with Crippen molar-refractivity contribution in [2.45, 2.75) is 26.6 Å². The number of ether oxygens (including phenoxy) is 3. The summed E-state index contributed by atoms with van der Waals surface area (Å²) in [5.74, 6) is 0.688. The molecule has 0 radical (unpaired) electrons. The van der Waals surface area contributed by atoms with Crippen LogP contribution in [0.25, 0.3) is 21.8 Å². The van der Waals surface area contributed by atoms with Crippen molar-refractivity contribution >= 4 is 51.0 Å². The Morgan fingerprint density at radius 3 is 2.52 bits per heavy atom. The molecule has 160 valence electrons. The molecule has 0 aliphatic rings. The van der Waals surface area contributed by atoms with Gasteiger partial charge in [-0.15, -0.1) is 0 Å². The van der Waals surface area contributed by atoms with E-state index in [2.05, 4.69) is 9.97 Å². The lowest BCUT2D eigenvalue weighted by atomic mass is 10.1. The second-order valence-electron chi connectivity index (χ2n) is 7.27. The van der Waals surface area contributed by atoms with Crippen LogP contribution < -0.4 is 4.74 Å². The van der Waals surface area contributed by atoms with Crippen LogP contribution >= 0.6 is 23.2 Å². The monoisotopic (exact) mass is 458 g/mol.